The van der Waals surface area contributed by atoms with Gasteiger partial charge in [-0.3, -0.25) is 4.79 Å². The van der Waals surface area contributed by atoms with Crippen molar-refractivity contribution in [1.29, 1.82) is 0 Å². The number of rotatable bonds is 1. The largest absolute Gasteiger partial charge is 0.481 e. The molecule has 0 aromatic heterocycles. The van der Waals surface area contributed by atoms with Crippen LogP contribution in [0.3, 0.4) is 0 Å². The summed E-state index contributed by atoms with van der Waals surface area (Å²) in [5.74, 6) is -0.264. The number of fused-ring (bicyclic) bond motifs is 7. The zero-order chi connectivity index (χ0) is 27.0. The summed E-state index contributed by atoms with van der Waals surface area (Å²) in [6, 6.07) is 0. The minimum Gasteiger partial charge on any atom is -0.481 e. The van der Waals surface area contributed by atoms with Gasteiger partial charge in [0.25, 0.3) is 0 Å². The molecule has 5 aliphatic rings. The summed E-state index contributed by atoms with van der Waals surface area (Å²) in [5, 5.41) is 21.7. The van der Waals surface area contributed by atoms with Crippen LogP contribution in [-0.2, 0) is 4.79 Å². The first-order valence-electron chi connectivity index (χ1n) is 14.9. The molecule has 3 nitrogen and oxygen atoms in total. The lowest BCUT2D eigenvalue weighted by molar-refractivity contribution is -0.205. The van der Waals surface area contributed by atoms with E-state index in [0.29, 0.717) is 0 Å². The van der Waals surface area contributed by atoms with Gasteiger partial charge in [0, 0.05) is 2.74 Å². The second-order valence-corrected chi connectivity index (χ2v) is 14.6. The standard InChI is InChI=1S/C30H48O3/c1-25(2)14-16-30(24(32)33)17-15-28(6)19(20(30)18-25)8-9-22-27(5)12-11-23(31)26(3,4)21(27)10-13-29(22,28)7/h8,20-23,31H,9-18H2,1-7H3,(H,32,33)/t20-,21-,22+,23-,27-,28+,29+,30-/m0/s1/i11D2,23D. The predicted octanol–water partition coefficient (Wildman–Crippen LogP) is 7.23. The number of hydrogen-bond acceptors (Lipinski definition) is 2. The van der Waals surface area contributed by atoms with E-state index in [4.69, 9.17) is 4.11 Å². The van der Waals surface area contributed by atoms with Crippen LogP contribution in [-0.4, -0.2) is 22.3 Å². The summed E-state index contributed by atoms with van der Waals surface area (Å²) in [4.78, 5) is 12.8. The molecule has 5 rings (SSSR count). The number of carbonyl (C=O) groups is 1. The van der Waals surface area contributed by atoms with Crippen molar-refractivity contribution in [2.24, 2.45) is 50.2 Å². The number of carboxylic acids is 1. The normalized spacial score (nSPS) is 57.5. The minimum atomic E-state index is -2.13. The molecule has 0 spiro atoms. The van der Waals surface area contributed by atoms with Crippen molar-refractivity contribution >= 4 is 5.97 Å². The minimum absolute atomic E-state index is 0.0586. The van der Waals surface area contributed by atoms with Crippen LogP contribution in [0.2, 0.25) is 0 Å². The quantitative estimate of drug-likeness (QED) is 0.407. The molecule has 4 saturated carbocycles. The Kier molecular flexibility index (Phi) is 4.25. The Balaban J connectivity index is 1.63. The lowest BCUT2D eigenvalue weighted by Crippen LogP contribution is -2.65. The fourth-order valence-electron chi connectivity index (χ4n) is 10.1. The molecule has 3 heteroatoms. The molecule has 0 heterocycles. The van der Waals surface area contributed by atoms with Crippen LogP contribution in [0.25, 0.3) is 0 Å². The molecule has 8 atom stereocenters. The molecule has 0 bridgehead atoms. The molecule has 0 aromatic rings. The maximum Gasteiger partial charge on any atom is 0.310 e. The zero-order valence-electron chi connectivity index (χ0n) is 25.0. The molecule has 5 aliphatic carbocycles. The van der Waals surface area contributed by atoms with Crippen molar-refractivity contribution in [2.75, 3.05) is 0 Å². The van der Waals surface area contributed by atoms with E-state index < -0.39 is 29.3 Å². The van der Waals surface area contributed by atoms with Crippen LogP contribution in [0.5, 0.6) is 0 Å². The molecule has 2 N–H and O–H groups in total. The molecule has 4 fully saturated rings. The van der Waals surface area contributed by atoms with Crippen molar-refractivity contribution < 1.29 is 19.1 Å². The van der Waals surface area contributed by atoms with Crippen LogP contribution >= 0.6 is 0 Å². The summed E-state index contributed by atoms with van der Waals surface area (Å²) < 4.78 is 26.4. The first kappa shape index (κ1) is 20.4. The molecule has 33 heavy (non-hydrogen) atoms. The number of aliphatic carboxylic acids is 1. The van der Waals surface area contributed by atoms with Gasteiger partial charge in [0.1, 0.15) is 0 Å². The Morgan fingerprint density at radius 2 is 1.67 bits per heavy atom. The molecule has 0 aliphatic heterocycles. The summed E-state index contributed by atoms with van der Waals surface area (Å²) in [5.41, 5.74) is -0.548. The Bertz CT molecular complexity index is 1010. The van der Waals surface area contributed by atoms with Crippen LogP contribution < -0.4 is 0 Å². The SMILES string of the molecule is [2H]C1([2H])C[C@]2(C)[C@H]3CC=C4[C@@H]5CC(C)(C)CC[C@]5(C(=O)O)CC[C@@]4(C)[C@]3(C)CC[C@H]2C(C)(C)[C@@]1([2H])O. The third kappa shape index (κ3) is 2.87. The fraction of sp³-hybridized carbons (Fsp3) is 0.900. The molecule has 186 valence electrons. The van der Waals surface area contributed by atoms with Crippen molar-refractivity contribution in [3.05, 3.63) is 11.6 Å². The average molecular weight is 460 g/mol. The van der Waals surface area contributed by atoms with Gasteiger partial charge in [-0.1, -0.05) is 60.1 Å². The second kappa shape index (κ2) is 6.89. The van der Waals surface area contributed by atoms with E-state index in [1.807, 2.05) is 13.8 Å². The predicted molar refractivity (Wildman–Crippen MR) is 133 cm³/mol. The van der Waals surface area contributed by atoms with Crippen molar-refractivity contribution in [2.45, 2.75) is 119 Å². The zero-order valence-corrected chi connectivity index (χ0v) is 22.0. The fourth-order valence-corrected chi connectivity index (χ4v) is 10.1. The summed E-state index contributed by atoms with van der Waals surface area (Å²) in [6.45, 7) is 15.4. The third-order valence-corrected chi connectivity index (χ3v) is 12.4. The van der Waals surface area contributed by atoms with Gasteiger partial charge in [-0.15, -0.1) is 0 Å². The molecule has 0 radical (unpaired) electrons. The molecular formula is C30H48O3. The van der Waals surface area contributed by atoms with Crippen LogP contribution in [0.1, 0.15) is 117 Å². The molecule has 0 saturated heterocycles. The number of carboxylic acid groups (broad SMARTS) is 1. The highest BCUT2D eigenvalue weighted by Gasteiger charge is 2.69. The van der Waals surface area contributed by atoms with Crippen molar-refractivity contribution in [3.63, 3.8) is 0 Å². The number of allylic oxidation sites excluding steroid dienone is 2. The van der Waals surface area contributed by atoms with Gasteiger partial charge in [0.05, 0.1) is 12.9 Å². The van der Waals surface area contributed by atoms with E-state index in [-0.39, 0.29) is 45.8 Å². The Labute approximate surface area is 206 Å². The van der Waals surface area contributed by atoms with E-state index >= 15 is 0 Å². The van der Waals surface area contributed by atoms with Gasteiger partial charge < -0.3 is 10.2 Å². The monoisotopic (exact) mass is 459 g/mol. The van der Waals surface area contributed by atoms with Crippen molar-refractivity contribution in [1.82, 2.24) is 0 Å². The summed E-state index contributed by atoms with van der Waals surface area (Å²) in [7, 11) is 0. The van der Waals surface area contributed by atoms with Crippen LogP contribution in [0.15, 0.2) is 11.6 Å². The Morgan fingerprint density at radius 1 is 1.00 bits per heavy atom. The van der Waals surface area contributed by atoms with Gasteiger partial charge in [-0.05, 0) is 109 Å². The van der Waals surface area contributed by atoms with Crippen LogP contribution in [0.4, 0.5) is 0 Å². The Morgan fingerprint density at radius 3 is 2.33 bits per heavy atom. The lowest BCUT2D eigenvalue weighted by Gasteiger charge is -2.71. The van der Waals surface area contributed by atoms with Crippen LogP contribution in [0, 0.1) is 50.2 Å². The average Bonchev–Trinajstić information content (AvgIpc) is 2.72. The summed E-state index contributed by atoms with van der Waals surface area (Å²) in [6.07, 6.45) is 5.38. The highest BCUT2D eigenvalue weighted by atomic mass is 16.4. The van der Waals surface area contributed by atoms with Crippen molar-refractivity contribution in [3.8, 4) is 0 Å². The van der Waals surface area contributed by atoms with E-state index in [1.54, 1.807) is 0 Å². The van der Waals surface area contributed by atoms with Gasteiger partial charge >= 0.3 is 5.97 Å². The summed E-state index contributed by atoms with van der Waals surface area (Å²) >= 11 is 0. The topological polar surface area (TPSA) is 57.5 Å². The van der Waals surface area contributed by atoms with Gasteiger partial charge in [0.15, 0.2) is 0 Å². The van der Waals surface area contributed by atoms with Gasteiger partial charge in [0.2, 0.25) is 0 Å². The molecule has 0 unspecified atom stereocenters. The highest BCUT2D eigenvalue weighted by molar-refractivity contribution is 5.76. The first-order chi connectivity index (χ1) is 16.2. The maximum atomic E-state index is 12.8. The second-order valence-electron chi connectivity index (χ2n) is 14.6. The lowest BCUT2D eigenvalue weighted by atomic mass is 9.33. The maximum absolute atomic E-state index is 12.8. The first-order valence-corrected chi connectivity index (χ1v) is 13.4. The van der Waals surface area contributed by atoms with E-state index in [1.165, 1.54) is 5.57 Å². The smallest absolute Gasteiger partial charge is 0.310 e. The van der Waals surface area contributed by atoms with Gasteiger partial charge in [-0.25, -0.2) is 0 Å². The number of hydrogen-bond donors (Lipinski definition) is 2. The Hall–Kier alpha value is -0.830. The molecular weight excluding hydrogens is 408 g/mol. The van der Waals surface area contributed by atoms with Gasteiger partial charge in [-0.2, -0.15) is 0 Å². The third-order valence-electron chi connectivity index (χ3n) is 12.4. The van der Waals surface area contributed by atoms with E-state index in [9.17, 15) is 15.0 Å². The highest BCUT2D eigenvalue weighted by Crippen LogP contribution is 2.75. The molecule has 0 aromatic carbocycles. The molecule has 0 amide bonds. The number of aliphatic hydroxyl groups is 1. The van der Waals surface area contributed by atoms with E-state index in [2.05, 4.69) is 40.7 Å². The van der Waals surface area contributed by atoms with E-state index in [0.717, 1.165) is 51.4 Å².